The van der Waals surface area contributed by atoms with Crippen molar-refractivity contribution in [1.29, 1.82) is 0 Å². The van der Waals surface area contributed by atoms with Gasteiger partial charge in [-0.15, -0.1) is 0 Å². The zero-order valence-corrected chi connectivity index (χ0v) is 7.85. The van der Waals surface area contributed by atoms with Gasteiger partial charge in [0.25, 0.3) is 0 Å². The Balaban J connectivity index is 2.10. The summed E-state index contributed by atoms with van der Waals surface area (Å²) >= 11 is 0. The van der Waals surface area contributed by atoms with E-state index in [0.717, 1.165) is 12.2 Å². The summed E-state index contributed by atoms with van der Waals surface area (Å²) in [4.78, 5) is 0. The van der Waals surface area contributed by atoms with Crippen molar-refractivity contribution in [3.63, 3.8) is 0 Å². The van der Waals surface area contributed by atoms with Crippen LogP contribution in [0.15, 0.2) is 24.3 Å². The van der Waals surface area contributed by atoms with E-state index in [-0.39, 0.29) is 6.61 Å². The van der Waals surface area contributed by atoms with Gasteiger partial charge in [0.2, 0.25) is 0 Å². The quantitative estimate of drug-likeness (QED) is 0.627. The van der Waals surface area contributed by atoms with Gasteiger partial charge in [-0.05, 0) is 11.6 Å². The molecule has 4 heteroatoms. The molecular weight excluding hydrogens is 180 g/mol. The van der Waals surface area contributed by atoms with Gasteiger partial charge in [0, 0.05) is 6.54 Å². The van der Waals surface area contributed by atoms with E-state index in [1.807, 2.05) is 29.3 Å². The Bertz CT molecular complexity index is 317. The van der Waals surface area contributed by atoms with Crippen LogP contribution in [0, 0.1) is 0 Å². The summed E-state index contributed by atoms with van der Waals surface area (Å²) in [5.41, 5.74) is 5.45. The lowest BCUT2D eigenvalue weighted by Gasteiger charge is -2.21. The van der Waals surface area contributed by atoms with E-state index in [0.29, 0.717) is 6.54 Å². The fourth-order valence-electron chi connectivity index (χ4n) is 1.62. The predicted octanol–water partition coefficient (Wildman–Crippen LogP) is -0.136. The van der Waals surface area contributed by atoms with Crippen LogP contribution in [0.5, 0.6) is 0 Å². The second kappa shape index (κ2) is 3.96. The molecule has 4 nitrogen and oxygen atoms in total. The zero-order valence-electron chi connectivity index (χ0n) is 7.85. The van der Waals surface area contributed by atoms with Crippen molar-refractivity contribution in [3.8, 4) is 0 Å². The molecule has 0 bridgehead atoms. The number of hydrogen-bond donors (Lipinski definition) is 3. The van der Waals surface area contributed by atoms with Crippen LogP contribution in [0.2, 0.25) is 0 Å². The molecule has 76 valence electrons. The van der Waals surface area contributed by atoms with Crippen LogP contribution in [0.25, 0.3) is 0 Å². The van der Waals surface area contributed by atoms with Gasteiger partial charge in [-0.3, -0.25) is 0 Å². The van der Waals surface area contributed by atoms with Gasteiger partial charge in [-0.1, -0.05) is 18.2 Å². The van der Waals surface area contributed by atoms with Crippen LogP contribution in [0.4, 0.5) is 5.69 Å². The van der Waals surface area contributed by atoms with E-state index in [9.17, 15) is 5.11 Å². The Hall–Kier alpha value is -1.10. The van der Waals surface area contributed by atoms with E-state index >= 15 is 0 Å². The summed E-state index contributed by atoms with van der Waals surface area (Å²) in [7, 11) is 0. The number of nitrogens with zero attached hydrogens (tertiary/aromatic N) is 1. The van der Waals surface area contributed by atoms with Crippen LogP contribution in [-0.2, 0) is 6.54 Å². The molecule has 0 saturated heterocycles. The highest BCUT2D eigenvalue weighted by Crippen LogP contribution is 2.23. The summed E-state index contributed by atoms with van der Waals surface area (Å²) in [6.45, 7) is 0.988. The molecule has 0 fully saturated rings. The van der Waals surface area contributed by atoms with E-state index in [4.69, 9.17) is 5.11 Å². The molecule has 0 spiro atoms. The highest BCUT2D eigenvalue weighted by molar-refractivity contribution is 5.55. The topological polar surface area (TPSA) is 55.7 Å². The Morgan fingerprint density at radius 2 is 2.21 bits per heavy atom. The van der Waals surface area contributed by atoms with Crippen LogP contribution < -0.4 is 10.4 Å². The first kappa shape index (κ1) is 9.45. The molecular formula is C10H14N2O2. The largest absolute Gasteiger partial charge is 0.394 e. The number of benzene rings is 1. The van der Waals surface area contributed by atoms with Crippen molar-refractivity contribution < 1.29 is 10.2 Å². The first-order valence-electron chi connectivity index (χ1n) is 4.69. The zero-order chi connectivity index (χ0) is 9.97. The van der Waals surface area contributed by atoms with Gasteiger partial charge in [-0.2, -0.15) is 0 Å². The number of fused-ring (bicyclic) bond motifs is 1. The summed E-state index contributed by atoms with van der Waals surface area (Å²) in [5, 5.41) is 19.9. The fraction of sp³-hybridized carbons (Fsp3) is 0.400. The minimum atomic E-state index is -0.700. The molecule has 1 aromatic carbocycles. The van der Waals surface area contributed by atoms with Crippen LogP contribution >= 0.6 is 0 Å². The van der Waals surface area contributed by atoms with Crippen LogP contribution in [0.3, 0.4) is 0 Å². The second-order valence-corrected chi connectivity index (χ2v) is 3.41. The predicted molar refractivity (Wildman–Crippen MR) is 53.7 cm³/mol. The molecule has 1 atom stereocenters. The number of β-amino-alcohol motifs (C(OH)–C–C–N with tert-alkyl or cyclic N) is 1. The SMILES string of the molecule is OCC(O)CN1NCc2ccccc21. The van der Waals surface area contributed by atoms with E-state index in [2.05, 4.69) is 5.43 Å². The van der Waals surface area contributed by atoms with E-state index in [1.165, 1.54) is 5.56 Å². The monoisotopic (exact) mass is 194 g/mol. The van der Waals surface area contributed by atoms with Crippen LogP contribution in [-0.4, -0.2) is 29.5 Å². The molecule has 1 unspecified atom stereocenters. The highest BCUT2D eigenvalue weighted by atomic mass is 16.3. The average molecular weight is 194 g/mol. The third-order valence-corrected chi connectivity index (χ3v) is 2.35. The number of anilines is 1. The molecule has 1 aromatic rings. The summed E-state index contributed by atoms with van der Waals surface area (Å²) < 4.78 is 0. The maximum Gasteiger partial charge on any atom is 0.0961 e. The first-order valence-corrected chi connectivity index (χ1v) is 4.69. The minimum absolute atomic E-state index is 0.208. The number of rotatable bonds is 3. The van der Waals surface area contributed by atoms with Crippen LogP contribution in [0.1, 0.15) is 5.56 Å². The van der Waals surface area contributed by atoms with Gasteiger partial charge in [0.05, 0.1) is 24.9 Å². The molecule has 0 radical (unpaired) electrons. The normalized spacial score (nSPS) is 16.9. The molecule has 1 heterocycles. The van der Waals surface area contributed by atoms with E-state index in [1.54, 1.807) is 0 Å². The van der Waals surface area contributed by atoms with Crippen molar-refractivity contribution in [2.75, 3.05) is 18.2 Å². The van der Waals surface area contributed by atoms with E-state index < -0.39 is 6.10 Å². The number of hydrogen-bond acceptors (Lipinski definition) is 4. The molecule has 0 saturated carbocycles. The second-order valence-electron chi connectivity index (χ2n) is 3.41. The van der Waals surface area contributed by atoms with Gasteiger partial charge < -0.3 is 15.2 Å². The smallest absolute Gasteiger partial charge is 0.0961 e. The highest BCUT2D eigenvalue weighted by Gasteiger charge is 2.19. The molecule has 1 aliphatic rings. The number of hydrazine groups is 1. The molecule has 14 heavy (non-hydrogen) atoms. The maximum absolute atomic E-state index is 9.31. The lowest BCUT2D eigenvalue weighted by atomic mass is 10.2. The fourth-order valence-corrected chi connectivity index (χ4v) is 1.62. The summed E-state index contributed by atoms with van der Waals surface area (Å²) in [6.07, 6.45) is -0.700. The van der Waals surface area contributed by atoms with Crippen molar-refractivity contribution >= 4 is 5.69 Å². The number of aliphatic hydroxyl groups excluding tert-OH is 2. The van der Waals surface area contributed by atoms with Gasteiger partial charge in [-0.25, -0.2) is 5.43 Å². The number of para-hydroxylation sites is 1. The van der Waals surface area contributed by atoms with Gasteiger partial charge in [0.15, 0.2) is 0 Å². The Morgan fingerprint density at radius 1 is 1.43 bits per heavy atom. The molecule has 0 amide bonds. The Labute approximate surface area is 82.8 Å². The standard InChI is InChI=1S/C10H14N2O2/c13-7-9(14)6-12-10-4-2-1-3-8(10)5-11-12/h1-4,9,11,13-14H,5-7H2. The number of aliphatic hydroxyl groups is 2. The lowest BCUT2D eigenvalue weighted by molar-refractivity contribution is 0.0984. The Morgan fingerprint density at radius 3 is 3.00 bits per heavy atom. The minimum Gasteiger partial charge on any atom is -0.394 e. The molecule has 0 aromatic heterocycles. The molecule has 0 aliphatic carbocycles. The summed E-state index contributed by atoms with van der Waals surface area (Å²) in [6, 6.07) is 8.00. The molecule has 1 aliphatic heterocycles. The lowest BCUT2D eigenvalue weighted by Crippen LogP contribution is -2.39. The van der Waals surface area contributed by atoms with Crippen molar-refractivity contribution in [2.45, 2.75) is 12.6 Å². The molecule has 2 rings (SSSR count). The Kier molecular flexibility index (Phi) is 2.67. The van der Waals surface area contributed by atoms with Gasteiger partial charge >= 0.3 is 0 Å². The molecule has 3 N–H and O–H groups in total. The van der Waals surface area contributed by atoms with Crippen molar-refractivity contribution in [1.82, 2.24) is 5.43 Å². The number of nitrogens with one attached hydrogen (secondary N) is 1. The maximum atomic E-state index is 9.31. The first-order chi connectivity index (χ1) is 6.81. The third kappa shape index (κ3) is 1.72. The van der Waals surface area contributed by atoms with Crippen molar-refractivity contribution in [3.05, 3.63) is 29.8 Å². The van der Waals surface area contributed by atoms with Gasteiger partial charge in [0.1, 0.15) is 0 Å². The van der Waals surface area contributed by atoms with Crippen molar-refractivity contribution in [2.24, 2.45) is 0 Å². The third-order valence-electron chi connectivity index (χ3n) is 2.35. The summed E-state index contributed by atoms with van der Waals surface area (Å²) in [5.74, 6) is 0. The average Bonchev–Trinajstić information content (AvgIpc) is 2.62.